The van der Waals surface area contributed by atoms with Gasteiger partial charge in [-0.3, -0.25) is 9.59 Å². The largest absolute Gasteiger partial charge is 0.370 e. The average molecular weight is 365 g/mol. The molecule has 0 spiro atoms. The van der Waals surface area contributed by atoms with Gasteiger partial charge in [0, 0.05) is 32.1 Å². The van der Waals surface area contributed by atoms with Crippen LogP contribution in [0.3, 0.4) is 0 Å². The van der Waals surface area contributed by atoms with Crippen molar-refractivity contribution >= 4 is 23.2 Å². The molecule has 3 rings (SSSR count). The van der Waals surface area contributed by atoms with Gasteiger partial charge in [0.2, 0.25) is 5.91 Å². The van der Waals surface area contributed by atoms with E-state index in [-0.39, 0.29) is 11.8 Å². The van der Waals surface area contributed by atoms with Gasteiger partial charge in [0.05, 0.1) is 11.4 Å². The Morgan fingerprint density at radius 3 is 2.26 bits per heavy atom. The van der Waals surface area contributed by atoms with Crippen molar-refractivity contribution in [1.29, 1.82) is 0 Å². The molecule has 27 heavy (non-hydrogen) atoms. The fourth-order valence-electron chi connectivity index (χ4n) is 3.36. The second-order valence-electron chi connectivity index (χ2n) is 6.98. The number of para-hydroxylation sites is 2. The van der Waals surface area contributed by atoms with Crippen LogP contribution in [-0.2, 0) is 11.3 Å². The van der Waals surface area contributed by atoms with Crippen LogP contribution in [0, 0.1) is 0 Å². The molecule has 1 saturated heterocycles. The molecule has 2 amide bonds. The van der Waals surface area contributed by atoms with Crippen LogP contribution >= 0.6 is 0 Å². The number of carbonyl (C=O) groups is 2. The predicted molar refractivity (Wildman–Crippen MR) is 109 cm³/mol. The van der Waals surface area contributed by atoms with Gasteiger partial charge >= 0.3 is 0 Å². The van der Waals surface area contributed by atoms with Gasteiger partial charge in [-0.05, 0) is 42.7 Å². The Bertz CT molecular complexity index is 778. The zero-order chi connectivity index (χ0) is 19.1. The van der Waals surface area contributed by atoms with Crippen molar-refractivity contribution in [3.05, 3.63) is 59.7 Å². The molecule has 1 aliphatic rings. The first-order chi connectivity index (χ1) is 13.1. The quantitative estimate of drug-likeness (QED) is 0.843. The summed E-state index contributed by atoms with van der Waals surface area (Å²) >= 11 is 0. The molecule has 0 atom stereocenters. The summed E-state index contributed by atoms with van der Waals surface area (Å²) < 4.78 is 0. The number of anilines is 2. The molecule has 0 bridgehead atoms. The van der Waals surface area contributed by atoms with Gasteiger partial charge in [0.1, 0.15) is 0 Å². The van der Waals surface area contributed by atoms with Gasteiger partial charge < -0.3 is 15.5 Å². The molecule has 1 aliphatic heterocycles. The van der Waals surface area contributed by atoms with Crippen LogP contribution in [0.2, 0.25) is 0 Å². The first-order valence-electron chi connectivity index (χ1n) is 9.62. The zero-order valence-corrected chi connectivity index (χ0v) is 15.8. The number of rotatable bonds is 5. The van der Waals surface area contributed by atoms with Crippen molar-refractivity contribution in [2.45, 2.75) is 39.2 Å². The van der Waals surface area contributed by atoms with E-state index in [1.54, 1.807) is 12.1 Å². The molecule has 2 aromatic carbocycles. The summed E-state index contributed by atoms with van der Waals surface area (Å²) in [6.07, 6.45) is 4.93. The molecule has 142 valence electrons. The Hall–Kier alpha value is -2.82. The van der Waals surface area contributed by atoms with Crippen molar-refractivity contribution in [2.75, 3.05) is 23.3 Å². The van der Waals surface area contributed by atoms with E-state index in [0.29, 0.717) is 12.1 Å². The van der Waals surface area contributed by atoms with Gasteiger partial charge in [-0.1, -0.05) is 37.1 Å². The van der Waals surface area contributed by atoms with Crippen molar-refractivity contribution in [1.82, 2.24) is 5.32 Å². The highest BCUT2D eigenvalue weighted by molar-refractivity contribution is 6.06. The molecular weight excluding hydrogens is 338 g/mol. The topological polar surface area (TPSA) is 61.4 Å². The van der Waals surface area contributed by atoms with Crippen molar-refractivity contribution in [2.24, 2.45) is 0 Å². The lowest BCUT2D eigenvalue weighted by Gasteiger charge is -2.25. The number of amides is 2. The fraction of sp³-hybridized carbons (Fsp3) is 0.364. The van der Waals surface area contributed by atoms with Gasteiger partial charge in [-0.2, -0.15) is 0 Å². The fourth-order valence-corrected chi connectivity index (χ4v) is 3.36. The average Bonchev–Trinajstić information content (AvgIpc) is 2.96. The Kier molecular flexibility index (Phi) is 6.47. The Morgan fingerprint density at radius 2 is 1.59 bits per heavy atom. The summed E-state index contributed by atoms with van der Waals surface area (Å²) in [5.41, 5.74) is 3.51. The molecular formula is C22H27N3O2. The SMILES string of the molecule is CC(=O)NCc1ccc(C(=O)Nc2ccccc2N2CCCCCC2)cc1. The predicted octanol–water partition coefficient (Wildman–Crippen LogP) is 3.96. The summed E-state index contributed by atoms with van der Waals surface area (Å²) in [6.45, 7) is 4.02. The maximum atomic E-state index is 12.7. The zero-order valence-electron chi connectivity index (χ0n) is 15.8. The summed E-state index contributed by atoms with van der Waals surface area (Å²) in [7, 11) is 0. The van der Waals surface area contributed by atoms with Crippen LogP contribution in [0.4, 0.5) is 11.4 Å². The van der Waals surface area contributed by atoms with Crippen LogP contribution in [0.1, 0.15) is 48.5 Å². The minimum absolute atomic E-state index is 0.0676. The first kappa shape index (κ1) is 19.0. The van der Waals surface area contributed by atoms with E-state index >= 15 is 0 Å². The van der Waals surface area contributed by atoms with Gasteiger partial charge in [0.25, 0.3) is 5.91 Å². The highest BCUT2D eigenvalue weighted by Crippen LogP contribution is 2.28. The van der Waals surface area contributed by atoms with Crippen molar-refractivity contribution in [3.8, 4) is 0 Å². The summed E-state index contributed by atoms with van der Waals surface area (Å²) in [5, 5.41) is 5.82. The summed E-state index contributed by atoms with van der Waals surface area (Å²) in [6, 6.07) is 15.3. The van der Waals surface area contributed by atoms with E-state index in [1.165, 1.54) is 32.6 Å². The van der Waals surface area contributed by atoms with Gasteiger partial charge in [0.15, 0.2) is 0 Å². The minimum Gasteiger partial charge on any atom is -0.370 e. The van der Waals surface area contributed by atoms with E-state index in [4.69, 9.17) is 0 Å². The summed E-state index contributed by atoms with van der Waals surface area (Å²) in [4.78, 5) is 26.1. The van der Waals surface area contributed by atoms with Gasteiger partial charge in [-0.15, -0.1) is 0 Å². The lowest BCUT2D eigenvalue weighted by molar-refractivity contribution is -0.119. The van der Waals surface area contributed by atoms with Crippen LogP contribution in [0.5, 0.6) is 0 Å². The molecule has 1 heterocycles. The minimum atomic E-state index is -0.122. The monoisotopic (exact) mass is 365 g/mol. The van der Waals surface area contributed by atoms with Crippen molar-refractivity contribution in [3.63, 3.8) is 0 Å². The number of benzene rings is 2. The third kappa shape index (κ3) is 5.33. The first-order valence-corrected chi connectivity index (χ1v) is 9.62. The maximum absolute atomic E-state index is 12.7. The Morgan fingerprint density at radius 1 is 0.926 bits per heavy atom. The number of hydrogen-bond donors (Lipinski definition) is 2. The molecule has 0 unspecified atom stereocenters. The number of carbonyl (C=O) groups excluding carboxylic acids is 2. The number of hydrogen-bond acceptors (Lipinski definition) is 3. The highest BCUT2D eigenvalue weighted by atomic mass is 16.2. The lowest BCUT2D eigenvalue weighted by atomic mass is 10.1. The normalized spacial score (nSPS) is 14.3. The third-order valence-corrected chi connectivity index (χ3v) is 4.86. The van der Waals surface area contributed by atoms with Crippen molar-refractivity contribution < 1.29 is 9.59 Å². The smallest absolute Gasteiger partial charge is 0.255 e. The lowest BCUT2D eigenvalue weighted by Crippen LogP contribution is -2.25. The number of nitrogens with one attached hydrogen (secondary N) is 2. The standard InChI is InChI=1S/C22H27N3O2/c1-17(26)23-16-18-10-12-19(13-11-18)22(27)24-20-8-4-5-9-21(20)25-14-6-2-3-7-15-25/h4-5,8-13H,2-3,6-7,14-16H2,1H3,(H,23,26)(H,24,27). The molecule has 0 saturated carbocycles. The molecule has 0 radical (unpaired) electrons. The van der Waals surface area contributed by atoms with Gasteiger partial charge in [-0.25, -0.2) is 0 Å². The van der Waals surface area contributed by atoms with E-state index in [2.05, 4.69) is 21.6 Å². The third-order valence-electron chi connectivity index (χ3n) is 4.86. The highest BCUT2D eigenvalue weighted by Gasteiger charge is 2.15. The van der Waals surface area contributed by atoms with Crippen LogP contribution in [0.15, 0.2) is 48.5 Å². The van der Waals surface area contributed by atoms with Crippen LogP contribution in [0.25, 0.3) is 0 Å². The number of nitrogens with zero attached hydrogens (tertiary/aromatic N) is 1. The second kappa shape index (κ2) is 9.21. The summed E-state index contributed by atoms with van der Waals surface area (Å²) in [5.74, 6) is -0.190. The van der Waals surface area contributed by atoms with Crippen LogP contribution < -0.4 is 15.5 Å². The molecule has 5 nitrogen and oxygen atoms in total. The Labute approximate surface area is 160 Å². The van der Waals surface area contributed by atoms with E-state index < -0.39 is 0 Å². The molecule has 2 aromatic rings. The molecule has 0 aliphatic carbocycles. The molecule has 1 fully saturated rings. The van der Waals surface area contributed by atoms with E-state index in [1.807, 2.05) is 30.3 Å². The molecule has 2 N–H and O–H groups in total. The molecule has 0 aromatic heterocycles. The Balaban J connectivity index is 1.69. The molecule has 5 heteroatoms. The second-order valence-corrected chi connectivity index (χ2v) is 6.98. The van der Waals surface area contributed by atoms with Crippen LogP contribution in [-0.4, -0.2) is 24.9 Å². The van der Waals surface area contributed by atoms with E-state index in [9.17, 15) is 9.59 Å². The van der Waals surface area contributed by atoms with E-state index in [0.717, 1.165) is 30.0 Å². The maximum Gasteiger partial charge on any atom is 0.255 e.